The van der Waals surface area contributed by atoms with Gasteiger partial charge in [-0.2, -0.15) is 0 Å². The minimum Gasteiger partial charge on any atom is -0.481 e. The van der Waals surface area contributed by atoms with Gasteiger partial charge >= 0.3 is 11.9 Å². The van der Waals surface area contributed by atoms with Crippen LogP contribution in [0.2, 0.25) is 0 Å². The summed E-state index contributed by atoms with van der Waals surface area (Å²) >= 11 is 0. The number of Topliss-reactive ketones (excluding diaryl/α,β-unsaturated/α-hetero) is 1. The number of hydrogen-bond donors (Lipinski definition) is 2. The number of ketones is 1. The standard InChI is InChI=1S/C6H6O5/c7-4(3-6(10)11)1-2-5(8)9/h1-2H,3H2,(H,8,9)(H,10,11). The fourth-order valence-corrected chi connectivity index (χ4v) is 0.372. The van der Waals surface area contributed by atoms with Gasteiger partial charge in [0.15, 0.2) is 0 Å². The van der Waals surface area contributed by atoms with Gasteiger partial charge < -0.3 is 10.2 Å². The van der Waals surface area contributed by atoms with Gasteiger partial charge in [0.25, 0.3) is 0 Å². The first-order valence-electron chi connectivity index (χ1n) is 2.68. The highest BCUT2D eigenvalue weighted by atomic mass is 16.4. The van der Waals surface area contributed by atoms with Gasteiger partial charge in [0, 0.05) is 6.42 Å². The molecule has 0 amide bonds. The molecule has 0 bridgehead atoms. The summed E-state index contributed by atoms with van der Waals surface area (Å²) in [5.41, 5.74) is 0. The summed E-state index contributed by atoms with van der Waals surface area (Å²) < 4.78 is 0. The van der Waals surface area contributed by atoms with Gasteiger partial charge in [0.05, 0.1) is 6.42 Å². The smallest absolute Gasteiger partial charge is 0.310 e. The Bertz CT molecular complexity index is 183. The van der Waals surface area contributed by atoms with Crippen LogP contribution in [0, 0.1) is 12.8 Å². The first kappa shape index (κ1) is 9.61. The molecule has 0 aliphatic heterocycles. The van der Waals surface area contributed by atoms with E-state index in [4.69, 9.17) is 10.2 Å². The van der Waals surface area contributed by atoms with Gasteiger partial charge in [-0.15, -0.1) is 0 Å². The van der Waals surface area contributed by atoms with E-state index in [1.807, 2.05) is 0 Å². The summed E-state index contributed by atoms with van der Waals surface area (Å²) in [6.45, 7) is 0. The summed E-state index contributed by atoms with van der Waals surface area (Å²) in [5.74, 6) is -3.28. The van der Waals surface area contributed by atoms with E-state index in [9.17, 15) is 14.4 Å². The Morgan fingerprint density at radius 2 is 1.64 bits per heavy atom. The molecule has 60 valence electrons. The molecule has 0 fully saturated rings. The minimum atomic E-state index is -1.27. The van der Waals surface area contributed by atoms with E-state index < -0.39 is 24.1 Å². The van der Waals surface area contributed by atoms with E-state index in [1.165, 1.54) is 0 Å². The van der Waals surface area contributed by atoms with Crippen molar-refractivity contribution in [2.75, 3.05) is 0 Å². The molecular formula is C6H6O5. The van der Waals surface area contributed by atoms with Crippen molar-refractivity contribution in [1.29, 1.82) is 0 Å². The number of carboxylic acid groups (broad SMARTS) is 2. The van der Waals surface area contributed by atoms with Crippen LogP contribution in [0.1, 0.15) is 6.42 Å². The third kappa shape index (κ3) is 6.50. The maximum absolute atomic E-state index is 10.4. The van der Waals surface area contributed by atoms with Crippen LogP contribution < -0.4 is 0 Å². The predicted molar refractivity (Wildman–Crippen MR) is 33.5 cm³/mol. The topological polar surface area (TPSA) is 91.7 Å². The Kier molecular flexibility index (Phi) is 3.87. The van der Waals surface area contributed by atoms with Crippen LogP contribution in [0.3, 0.4) is 0 Å². The van der Waals surface area contributed by atoms with Gasteiger partial charge in [-0.1, -0.05) is 0 Å². The van der Waals surface area contributed by atoms with Gasteiger partial charge in [0.1, 0.15) is 12.2 Å². The second-order valence-corrected chi connectivity index (χ2v) is 1.71. The van der Waals surface area contributed by atoms with E-state index >= 15 is 0 Å². The van der Waals surface area contributed by atoms with Crippen molar-refractivity contribution in [2.24, 2.45) is 0 Å². The second kappa shape index (κ2) is 4.43. The van der Waals surface area contributed by atoms with Crippen molar-refractivity contribution in [3.63, 3.8) is 0 Å². The monoisotopic (exact) mass is 158 g/mol. The Labute approximate surface area is 62.6 Å². The third-order valence-corrected chi connectivity index (χ3v) is 0.737. The van der Waals surface area contributed by atoms with E-state index in [1.54, 1.807) is 0 Å². The maximum atomic E-state index is 10.4. The van der Waals surface area contributed by atoms with Crippen LogP contribution >= 0.6 is 0 Å². The number of carboxylic acids is 2. The molecule has 0 rings (SSSR count). The zero-order valence-corrected chi connectivity index (χ0v) is 5.48. The molecule has 5 heteroatoms. The van der Waals surface area contributed by atoms with Crippen molar-refractivity contribution >= 4 is 17.7 Å². The van der Waals surface area contributed by atoms with Crippen LogP contribution in [0.25, 0.3) is 0 Å². The highest BCUT2D eigenvalue weighted by Crippen LogP contribution is 1.92. The van der Waals surface area contributed by atoms with Crippen LogP contribution in [-0.4, -0.2) is 27.9 Å². The number of rotatable bonds is 5. The van der Waals surface area contributed by atoms with Crippen LogP contribution in [-0.2, 0) is 14.4 Å². The van der Waals surface area contributed by atoms with Gasteiger partial charge in [0.2, 0.25) is 0 Å². The fraction of sp³-hybridized carbons (Fsp3) is 0.167. The Balaban J connectivity index is 3.53. The van der Waals surface area contributed by atoms with Crippen LogP contribution in [0.4, 0.5) is 0 Å². The van der Waals surface area contributed by atoms with Crippen molar-refractivity contribution in [2.45, 2.75) is 6.42 Å². The normalized spacial score (nSPS) is 9.09. The molecule has 11 heavy (non-hydrogen) atoms. The molecule has 5 nitrogen and oxygen atoms in total. The average molecular weight is 158 g/mol. The third-order valence-electron chi connectivity index (χ3n) is 0.737. The zero-order valence-electron chi connectivity index (χ0n) is 5.48. The molecular weight excluding hydrogens is 152 g/mol. The Morgan fingerprint density at radius 3 is 2.00 bits per heavy atom. The molecule has 0 unspecified atom stereocenters. The Morgan fingerprint density at radius 1 is 1.09 bits per heavy atom. The highest BCUT2D eigenvalue weighted by Gasteiger charge is 2.09. The van der Waals surface area contributed by atoms with Crippen LogP contribution in [0.15, 0.2) is 0 Å². The molecule has 2 radical (unpaired) electrons. The molecule has 0 heterocycles. The van der Waals surface area contributed by atoms with Crippen molar-refractivity contribution in [3.05, 3.63) is 12.8 Å². The molecule has 0 aromatic heterocycles. The summed E-state index contributed by atoms with van der Waals surface area (Å²) in [7, 11) is 0. The molecule has 0 atom stereocenters. The quantitative estimate of drug-likeness (QED) is 0.527. The molecule has 0 saturated heterocycles. The maximum Gasteiger partial charge on any atom is 0.310 e. The minimum absolute atomic E-state index is 0.602. The van der Waals surface area contributed by atoms with Gasteiger partial charge in [-0.05, 0) is 0 Å². The summed E-state index contributed by atoms with van der Waals surface area (Å²) in [4.78, 5) is 30.1. The Hall–Kier alpha value is -1.39. The zero-order chi connectivity index (χ0) is 8.85. The van der Waals surface area contributed by atoms with E-state index in [0.29, 0.717) is 6.42 Å². The summed E-state index contributed by atoms with van der Waals surface area (Å²) in [5, 5.41) is 16.1. The number of carbonyl (C=O) groups excluding carboxylic acids is 1. The van der Waals surface area contributed by atoms with Gasteiger partial charge in [-0.25, -0.2) is 0 Å². The second-order valence-electron chi connectivity index (χ2n) is 1.71. The molecule has 0 aliphatic carbocycles. The molecule has 0 saturated carbocycles. The van der Waals surface area contributed by atoms with Crippen molar-refractivity contribution in [3.8, 4) is 0 Å². The molecule has 0 spiro atoms. The lowest BCUT2D eigenvalue weighted by Crippen LogP contribution is -2.09. The number of hydrogen-bond acceptors (Lipinski definition) is 3. The lowest BCUT2D eigenvalue weighted by molar-refractivity contribution is -0.140. The van der Waals surface area contributed by atoms with Crippen molar-refractivity contribution < 1.29 is 24.6 Å². The number of carbonyl (C=O) groups is 3. The molecule has 0 aliphatic rings. The van der Waals surface area contributed by atoms with E-state index in [0.717, 1.165) is 6.42 Å². The van der Waals surface area contributed by atoms with E-state index in [2.05, 4.69) is 0 Å². The summed E-state index contributed by atoms with van der Waals surface area (Å²) in [6, 6.07) is 0. The molecule has 2 N–H and O–H groups in total. The largest absolute Gasteiger partial charge is 0.481 e. The summed E-state index contributed by atoms with van der Waals surface area (Å²) in [6.07, 6.45) is 0.644. The van der Waals surface area contributed by atoms with E-state index in [-0.39, 0.29) is 0 Å². The predicted octanol–water partition coefficient (Wildman–Crippen LogP) is -0.477. The first-order chi connectivity index (χ1) is 5.02. The first-order valence-corrected chi connectivity index (χ1v) is 2.68. The van der Waals surface area contributed by atoms with Crippen molar-refractivity contribution in [1.82, 2.24) is 0 Å². The average Bonchev–Trinajstić information content (AvgIpc) is 1.82. The molecule has 0 aromatic rings. The van der Waals surface area contributed by atoms with Crippen LogP contribution in [0.5, 0.6) is 0 Å². The molecule has 0 aromatic carbocycles. The SMILES string of the molecule is O=C(O)[CH][CH]C(=O)CC(=O)O. The number of aliphatic carboxylic acids is 2. The lowest BCUT2D eigenvalue weighted by Gasteiger charge is -1.91. The lowest BCUT2D eigenvalue weighted by atomic mass is 10.2. The fourth-order valence-electron chi connectivity index (χ4n) is 0.372. The van der Waals surface area contributed by atoms with Gasteiger partial charge in [-0.3, -0.25) is 14.4 Å². The highest BCUT2D eigenvalue weighted by molar-refractivity contribution is 6.03.